The topological polar surface area (TPSA) is 421 Å². The summed E-state index contributed by atoms with van der Waals surface area (Å²) in [6.07, 6.45) is 2.33. The molecule has 314 valence electrons. The maximum Gasteiger partial charge on any atom is 0.339 e. The second kappa shape index (κ2) is 16.4. The number of aliphatic hydroxyl groups excluding tert-OH is 1. The molecule has 5 aromatic heterocycles. The summed E-state index contributed by atoms with van der Waals surface area (Å²) in [5.74, 6) is -5.87. The van der Waals surface area contributed by atoms with E-state index in [0.29, 0.717) is 0 Å². The molecule has 0 saturated heterocycles. The van der Waals surface area contributed by atoms with Crippen LogP contribution in [0.4, 0.5) is 34.6 Å². The fourth-order valence-corrected chi connectivity index (χ4v) is 5.80. The monoisotopic (exact) mass is 855 g/mol. The van der Waals surface area contributed by atoms with E-state index in [-0.39, 0.29) is 91.7 Å². The Kier molecular flexibility index (Phi) is 10.7. The third kappa shape index (κ3) is 7.59. The number of nitrogen functional groups attached to an aromatic ring is 2. The Balaban J connectivity index is 1.21. The van der Waals surface area contributed by atoms with E-state index in [9.17, 15) is 50.4 Å². The lowest BCUT2D eigenvalue weighted by Crippen LogP contribution is -2.13. The van der Waals surface area contributed by atoms with Crippen LogP contribution in [-0.4, -0.2) is 104 Å². The number of rotatable bonds is 13. The maximum atomic E-state index is 11.8. The van der Waals surface area contributed by atoms with Crippen LogP contribution in [0.1, 0.15) is 53.6 Å². The first kappa shape index (κ1) is 41.2. The molecule has 28 heteroatoms. The average Bonchev–Trinajstić information content (AvgIpc) is 4.01. The molecule has 0 unspecified atom stereocenters. The largest absolute Gasteiger partial charge is 0.479 e. The van der Waals surface area contributed by atoms with E-state index < -0.39 is 41.8 Å². The number of aromatic nitrogens is 11. The molecule has 0 aliphatic heterocycles. The molecule has 7 rings (SSSR count). The molecule has 0 fully saturated rings. The first-order chi connectivity index (χ1) is 30.1. The van der Waals surface area contributed by atoms with E-state index in [1.54, 1.807) is 0 Å². The van der Waals surface area contributed by atoms with E-state index in [1.807, 2.05) is 12.1 Å². The van der Waals surface area contributed by atoms with Gasteiger partial charge in [-0.25, -0.2) is 23.7 Å². The van der Waals surface area contributed by atoms with Crippen molar-refractivity contribution in [3.63, 3.8) is 0 Å². The Bertz CT molecular complexity index is 3180. The molecule has 63 heavy (non-hydrogen) atoms. The first-order valence-corrected chi connectivity index (χ1v) is 17.3. The molecule has 5 heterocycles. The van der Waals surface area contributed by atoms with Gasteiger partial charge < -0.3 is 41.7 Å². The van der Waals surface area contributed by atoms with E-state index in [4.69, 9.17) is 16.2 Å². The molecular weight excluding hydrogens is 831 g/mol. The third-order valence-electron chi connectivity index (χ3n) is 8.69. The number of nitrogens with two attached hydrogens (primary N) is 2. The minimum Gasteiger partial charge on any atom is -0.479 e. The van der Waals surface area contributed by atoms with Crippen molar-refractivity contribution in [2.24, 2.45) is 20.5 Å². The Morgan fingerprint density at radius 1 is 0.683 bits per heavy atom. The van der Waals surface area contributed by atoms with E-state index in [0.717, 1.165) is 32.4 Å². The van der Waals surface area contributed by atoms with Crippen molar-refractivity contribution in [1.82, 2.24) is 54.1 Å². The summed E-state index contributed by atoms with van der Waals surface area (Å²) in [7, 11) is 0. The number of nitriles is 2. The summed E-state index contributed by atoms with van der Waals surface area (Å²) < 4.78 is 9.28. The fourth-order valence-electron chi connectivity index (χ4n) is 5.80. The summed E-state index contributed by atoms with van der Waals surface area (Å²) in [5.41, 5.74) is 11.9. The van der Waals surface area contributed by atoms with Gasteiger partial charge in [-0.15, -0.1) is 20.5 Å². The van der Waals surface area contributed by atoms with E-state index in [2.05, 4.69) is 55.8 Å². The summed E-state index contributed by atoms with van der Waals surface area (Å²) in [6, 6.07) is 10.2. The highest BCUT2D eigenvalue weighted by Gasteiger charge is 2.24. The van der Waals surface area contributed by atoms with Gasteiger partial charge in [0.25, 0.3) is 11.9 Å². The second-order valence-electron chi connectivity index (χ2n) is 12.5. The van der Waals surface area contributed by atoms with Crippen LogP contribution in [0.15, 0.2) is 69.2 Å². The molecule has 0 saturated carbocycles. The van der Waals surface area contributed by atoms with E-state index in [1.165, 1.54) is 49.0 Å². The summed E-state index contributed by atoms with van der Waals surface area (Å²) in [6.45, 7) is 2.19. The van der Waals surface area contributed by atoms with Crippen LogP contribution in [0.25, 0.3) is 23.3 Å². The maximum absolute atomic E-state index is 11.8. The van der Waals surface area contributed by atoms with Crippen LogP contribution in [0.2, 0.25) is 0 Å². The van der Waals surface area contributed by atoms with Gasteiger partial charge in [-0.3, -0.25) is 0 Å². The summed E-state index contributed by atoms with van der Waals surface area (Å²) in [5, 5.41) is 101. The van der Waals surface area contributed by atoms with Crippen molar-refractivity contribution in [1.29, 1.82) is 10.5 Å². The fraction of sp³-hybridized carbons (Fsp3) is 0.0857. The number of carbonyl (C=O) groups is 3. The van der Waals surface area contributed by atoms with Crippen LogP contribution in [0.3, 0.4) is 0 Å². The van der Waals surface area contributed by atoms with Gasteiger partial charge in [0, 0.05) is 6.07 Å². The number of aromatic carboxylic acids is 3. The SMILES string of the molecule is Cc1nn(-c2nc(O)nc(-n3nc(C)c(N=Nc4c(C#N)cnn4-c4ccc(C(=O)O)c(C(=O)O)c4)c3N)n2)c(N)c1N=Nc1c(C#N)cnn1-c1ccc(C(=O)O)c(OCO)c1. The molecular formula is C35H25N19O9. The minimum absolute atomic E-state index is 0.0243. The minimum atomic E-state index is -1.52. The Labute approximate surface area is 349 Å². The zero-order valence-electron chi connectivity index (χ0n) is 32.0. The Morgan fingerprint density at radius 3 is 1.59 bits per heavy atom. The number of aromatic hydroxyl groups is 1. The molecule has 0 radical (unpaired) electrons. The molecule has 0 atom stereocenters. The van der Waals surface area contributed by atoms with Gasteiger partial charge in [-0.1, -0.05) is 0 Å². The highest BCUT2D eigenvalue weighted by molar-refractivity contribution is 6.02. The number of benzene rings is 2. The molecule has 0 aliphatic carbocycles. The number of azo groups is 2. The van der Waals surface area contributed by atoms with Gasteiger partial charge in [-0.05, 0) is 44.2 Å². The van der Waals surface area contributed by atoms with Crippen molar-refractivity contribution in [3.8, 4) is 47.2 Å². The molecule has 7 aromatic rings. The normalized spacial score (nSPS) is 11.3. The van der Waals surface area contributed by atoms with Gasteiger partial charge in [0.05, 0.1) is 46.3 Å². The molecule has 2 aromatic carbocycles. The van der Waals surface area contributed by atoms with Gasteiger partial charge in [0.2, 0.25) is 0 Å². The van der Waals surface area contributed by atoms with Gasteiger partial charge in [0.1, 0.15) is 34.6 Å². The molecule has 0 amide bonds. The van der Waals surface area contributed by atoms with Crippen LogP contribution in [-0.2, 0) is 0 Å². The van der Waals surface area contributed by atoms with Crippen LogP contribution < -0.4 is 16.2 Å². The molecule has 0 bridgehead atoms. The lowest BCUT2D eigenvalue weighted by molar-refractivity contribution is 0.0651. The van der Waals surface area contributed by atoms with Gasteiger partial charge in [0.15, 0.2) is 41.4 Å². The van der Waals surface area contributed by atoms with Crippen LogP contribution >= 0.6 is 0 Å². The third-order valence-corrected chi connectivity index (χ3v) is 8.69. The Hall–Kier alpha value is -9.96. The van der Waals surface area contributed by atoms with Gasteiger partial charge in [-0.2, -0.15) is 55.2 Å². The highest BCUT2D eigenvalue weighted by atomic mass is 16.6. The van der Waals surface area contributed by atoms with Crippen molar-refractivity contribution in [3.05, 3.63) is 88.0 Å². The van der Waals surface area contributed by atoms with Crippen molar-refractivity contribution in [2.45, 2.75) is 13.8 Å². The number of aliphatic hydroxyl groups is 1. The number of aryl methyl sites for hydroxylation is 2. The number of hydrogen-bond donors (Lipinski definition) is 7. The van der Waals surface area contributed by atoms with Crippen molar-refractivity contribution >= 4 is 52.6 Å². The number of ether oxygens (including phenoxy) is 1. The molecule has 0 spiro atoms. The Morgan fingerprint density at radius 2 is 1.14 bits per heavy atom. The second-order valence-corrected chi connectivity index (χ2v) is 12.5. The van der Waals surface area contributed by atoms with Crippen molar-refractivity contribution < 1.29 is 44.7 Å². The highest BCUT2D eigenvalue weighted by Crippen LogP contribution is 2.35. The number of nitrogens with zero attached hydrogens (tertiary/aromatic N) is 17. The smallest absolute Gasteiger partial charge is 0.339 e. The predicted molar refractivity (Wildman–Crippen MR) is 208 cm³/mol. The van der Waals surface area contributed by atoms with Crippen LogP contribution in [0.5, 0.6) is 11.8 Å². The zero-order chi connectivity index (χ0) is 45.3. The lowest BCUT2D eigenvalue weighted by atomic mass is 10.1. The summed E-state index contributed by atoms with van der Waals surface area (Å²) >= 11 is 0. The van der Waals surface area contributed by atoms with E-state index >= 15 is 0 Å². The summed E-state index contributed by atoms with van der Waals surface area (Å²) in [4.78, 5) is 47.2. The number of carboxylic acid groups (broad SMARTS) is 3. The molecule has 0 aliphatic rings. The average molecular weight is 856 g/mol. The quantitative estimate of drug-likeness (QED) is 0.0647. The van der Waals surface area contributed by atoms with Crippen LogP contribution in [0, 0.1) is 36.5 Å². The van der Waals surface area contributed by atoms with Gasteiger partial charge >= 0.3 is 23.9 Å². The lowest BCUT2D eigenvalue weighted by Gasteiger charge is -2.10. The predicted octanol–water partition coefficient (Wildman–Crippen LogP) is 3.10. The molecule has 9 N–H and O–H groups in total. The number of hydrogen-bond acceptors (Lipinski definition) is 21. The number of carboxylic acids is 3. The zero-order valence-corrected chi connectivity index (χ0v) is 32.0. The standard InChI is InChI=1S/C35H25N19O9/c1-14-24(45-47-28-16(9-36)11-40-51(28)18-3-5-20(30(56)57)22(7-18)32(60)61)26(38)53(49-14)33-42-34(44-35(62)43-33)54-27(39)25(15(2)50-54)46-48-29-17(10-37)12-41-52(29)19-4-6-21(31(58)59)23(8-19)63-13-55/h3-8,11-12,55H,13,38-39H2,1-2H3,(H,56,57)(H,58,59)(H,60,61)(H,42,43,44,62). The number of anilines is 2. The van der Waals surface area contributed by atoms with Crippen molar-refractivity contribution in [2.75, 3.05) is 18.3 Å². The first-order valence-electron chi connectivity index (χ1n) is 17.3. The molecule has 28 nitrogen and oxygen atoms in total.